The highest BCUT2D eigenvalue weighted by atomic mass is 16.5. The molecule has 0 amide bonds. The minimum Gasteiger partial charge on any atom is -0.381 e. The van der Waals surface area contributed by atoms with Crippen LogP contribution in [0.5, 0.6) is 0 Å². The van der Waals surface area contributed by atoms with Crippen molar-refractivity contribution >= 4 is 0 Å². The molecule has 2 unspecified atom stereocenters. The summed E-state index contributed by atoms with van der Waals surface area (Å²) in [4.78, 5) is 0. The molecule has 2 N–H and O–H groups in total. The number of hydrogen-bond acceptors (Lipinski definition) is 3. The SMILES string of the molecule is CCOC(C)C(N)CCCCC1CCOCC1. The molecule has 1 rings (SSSR count). The topological polar surface area (TPSA) is 44.5 Å². The van der Waals surface area contributed by atoms with E-state index in [1.807, 2.05) is 6.92 Å². The van der Waals surface area contributed by atoms with Gasteiger partial charge in [-0.1, -0.05) is 19.3 Å². The monoisotopic (exact) mass is 243 g/mol. The van der Waals surface area contributed by atoms with E-state index in [0.717, 1.165) is 32.2 Å². The molecule has 1 heterocycles. The van der Waals surface area contributed by atoms with Gasteiger partial charge in [0, 0.05) is 25.9 Å². The lowest BCUT2D eigenvalue weighted by Crippen LogP contribution is -2.34. The molecule has 0 radical (unpaired) electrons. The number of rotatable bonds is 8. The minimum absolute atomic E-state index is 0.197. The summed E-state index contributed by atoms with van der Waals surface area (Å²) >= 11 is 0. The second-order valence-corrected chi connectivity index (χ2v) is 5.16. The van der Waals surface area contributed by atoms with E-state index in [1.54, 1.807) is 0 Å². The van der Waals surface area contributed by atoms with Gasteiger partial charge in [-0.2, -0.15) is 0 Å². The molecule has 0 aromatic rings. The zero-order chi connectivity index (χ0) is 12.5. The van der Waals surface area contributed by atoms with Gasteiger partial charge in [0.25, 0.3) is 0 Å². The predicted octanol–water partition coefficient (Wildman–Crippen LogP) is 2.73. The van der Waals surface area contributed by atoms with Gasteiger partial charge in [-0.05, 0) is 39.0 Å². The largest absolute Gasteiger partial charge is 0.381 e. The first kappa shape index (κ1) is 14.9. The van der Waals surface area contributed by atoms with Gasteiger partial charge in [0.1, 0.15) is 0 Å². The molecule has 3 nitrogen and oxygen atoms in total. The maximum absolute atomic E-state index is 6.08. The molecule has 1 saturated heterocycles. The van der Waals surface area contributed by atoms with Crippen LogP contribution in [0.2, 0.25) is 0 Å². The van der Waals surface area contributed by atoms with Gasteiger partial charge in [0.2, 0.25) is 0 Å². The van der Waals surface area contributed by atoms with Crippen molar-refractivity contribution in [1.82, 2.24) is 0 Å². The summed E-state index contributed by atoms with van der Waals surface area (Å²) in [5.74, 6) is 0.893. The van der Waals surface area contributed by atoms with E-state index >= 15 is 0 Å². The summed E-state index contributed by atoms with van der Waals surface area (Å²) in [5.41, 5.74) is 6.08. The Morgan fingerprint density at radius 2 is 2.00 bits per heavy atom. The second-order valence-electron chi connectivity index (χ2n) is 5.16. The Hall–Kier alpha value is -0.120. The maximum atomic E-state index is 6.08. The Kier molecular flexibility index (Phi) is 7.82. The fraction of sp³-hybridized carbons (Fsp3) is 1.00. The van der Waals surface area contributed by atoms with Crippen molar-refractivity contribution in [3.05, 3.63) is 0 Å². The molecule has 3 heteroatoms. The van der Waals surface area contributed by atoms with Crippen molar-refractivity contribution in [2.24, 2.45) is 11.7 Å². The molecule has 0 spiro atoms. The summed E-state index contributed by atoms with van der Waals surface area (Å²) < 4.78 is 10.9. The van der Waals surface area contributed by atoms with Crippen LogP contribution >= 0.6 is 0 Å². The van der Waals surface area contributed by atoms with E-state index in [9.17, 15) is 0 Å². The van der Waals surface area contributed by atoms with Gasteiger partial charge < -0.3 is 15.2 Å². The van der Waals surface area contributed by atoms with Crippen LogP contribution in [-0.4, -0.2) is 32.0 Å². The molecule has 0 aromatic carbocycles. The van der Waals surface area contributed by atoms with Crippen LogP contribution in [0.15, 0.2) is 0 Å². The Labute approximate surface area is 106 Å². The van der Waals surface area contributed by atoms with E-state index in [2.05, 4.69) is 6.92 Å². The van der Waals surface area contributed by atoms with E-state index in [1.165, 1.54) is 32.1 Å². The van der Waals surface area contributed by atoms with Crippen molar-refractivity contribution in [2.45, 2.75) is 64.5 Å². The van der Waals surface area contributed by atoms with Gasteiger partial charge in [0.05, 0.1) is 6.10 Å². The third-order valence-corrected chi connectivity index (χ3v) is 3.77. The first-order valence-corrected chi connectivity index (χ1v) is 7.19. The van der Waals surface area contributed by atoms with Crippen LogP contribution in [0, 0.1) is 5.92 Å². The van der Waals surface area contributed by atoms with E-state index in [0.29, 0.717) is 0 Å². The maximum Gasteiger partial charge on any atom is 0.0697 e. The fourth-order valence-electron chi connectivity index (χ4n) is 2.47. The number of nitrogens with two attached hydrogens (primary N) is 1. The van der Waals surface area contributed by atoms with Crippen molar-refractivity contribution in [3.63, 3.8) is 0 Å². The Balaban J connectivity index is 1.99. The van der Waals surface area contributed by atoms with Crippen molar-refractivity contribution in [2.75, 3.05) is 19.8 Å². The van der Waals surface area contributed by atoms with Crippen LogP contribution in [0.4, 0.5) is 0 Å². The predicted molar refractivity (Wildman–Crippen MR) is 71.1 cm³/mol. The van der Waals surface area contributed by atoms with Gasteiger partial charge in [-0.15, -0.1) is 0 Å². The highest BCUT2D eigenvalue weighted by molar-refractivity contribution is 4.70. The van der Waals surface area contributed by atoms with E-state index < -0.39 is 0 Å². The summed E-state index contributed by atoms with van der Waals surface area (Å²) in [6.07, 6.45) is 7.67. The van der Waals surface area contributed by atoms with Gasteiger partial charge in [-0.3, -0.25) is 0 Å². The molecule has 1 fully saturated rings. The summed E-state index contributed by atoms with van der Waals surface area (Å²) in [6.45, 7) is 6.79. The normalized spacial score (nSPS) is 21.4. The molecule has 102 valence electrons. The third kappa shape index (κ3) is 6.39. The standard InChI is InChI=1S/C14H29NO2/c1-3-17-12(2)14(15)7-5-4-6-13-8-10-16-11-9-13/h12-14H,3-11,15H2,1-2H3. The van der Waals surface area contributed by atoms with Crippen LogP contribution in [0.25, 0.3) is 0 Å². The first-order chi connectivity index (χ1) is 8.24. The van der Waals surface area contributed by atoms with Crippen LogP contribution in [-0.2, 0) is 9.47 Å². The molecular formula is C14H29NO2. The number of hydrogen-bond donors (Lipinski definition) is 1. The molecule has 17 heavy (non-hydrogen) atoms. The second kappa shape index (κ2) is 8.90. The third-order valence-electron chi connectivity index (χ3n) is 3.77. The average Bonchev–Trinajstić information content (AvgIpc) is 2.36. The molecular weight excluding hydrogens is 214 g/mol. The molecule has 0 bridgehead atoms. The van der Waals surface area contributed by atoms with Crippen LogP contribution in [0.3, 0.4) is 0 Å². The number of unbranched alkanes of at least 4 members (excludes halogenated alkanes) is 1. The van der Waals surface area contributed by atoms with Crippen molar-refractivity contribution < 1.29 is 9.47 Å². The quantitative estimate of drug-likeness (QED) is 0.667. The van der Waals surface area contributed by atoms with Crippen LogP contribution in [0.1, 0.15) is 52.4 Å². The fourth-order valence-corrected chi connectivity index (χ4v) is 2.47. The first-order valence-electron chi connectivity index (χ1n) is 7.19. The molecule has 0 saturated carbocycles. The lowest BCUT2D eigenvalue weighted by Gasteiger charge is -2.23. The Bertz CT molecular complexity index is 181. The van der Waals surface area contributed by atoms with Gasteiger partial charge >= 0.3 is 0 Å². The lowest BCUT2D eigenvalue weighted by atomic mass is 9.93. The number of ether oxygens (including phenoxy) is 2. The zero-order valence-electron chi connectivity index (χ0n) is 11.5. The minimum atomic E-state index is 0.197. The van der Waals surface area contributed by atoms with Crippen LogP contribution < -0.4 is 5.73 Å². The molecule has 1 aliphatic rings. The smallest absolute Gasteiger partial charge is 0.0697 e. The lowest BCUT2D eigenvalue weighted by molar-refractivity contribution is 0.0535. The summed E-state index contributed by atoms with van der Waals surface area (Å²) in [6, 6.07) is 0.199. The zero-order valence-corrected chi connectivity index (χ0v) is 11.5. The summed E-state index contributed by atoms with van der Waals surface area (Å²) in [5, 5.41) is 0. The molecule has 2 atom stereocenters. The van der Waals surface area contributed by atoms with Gasteiger partial charge in [-0.25, -0.2) is 0 Å². The molecule has 0 aliphatic carbocycles. The van der Waals surface area contributed by atoms with Gasteiger partial charge in [0.15, 0.2) is 0 Å². The highest BCUT2D eigenvalue weighted by Gasteiger charge is 2.15. The van der Waals surface area contributed by atoms with E-state index in [-0.39, 0.29) is 12.1 Å². The Morgan fingerprint density at radius 3 is 2.65 bits per heavy atom. The molecule has 1 aliphatic heterocycles. The Morgan fingerprint density at radius 1 is 1.29 bits per heavy atom. The molecule has 0 aromatic heterocycles. The van der Waals surface area contributed by atoms with Crippen molar-refractivity contribution in [3.8, 4) is 0 Å². The van der Waals surface area contributed by atoms with E-state index in [4.69, 9.17) is 15.2 Å². The highest BCUT2D eigenvalue weighted by Crippen LogP contribution is 2.21. The average molecular weight is 243 g/mol. The van der Waals surface area contributed by atoms with Crippen molar-refractivity contribution in [1.29, 1.82) is 0 Å². The summed E-state index contributed by atoms with van der Waals surface area (Å²) in [7, 11) is 0.